The number of fused-ring (bicyclic) bond motifs is 2. The minimum Gasteiger partial charge on any atom is -0.168 e. The van der Waals surface area contributed by atoms with Crippen molar-refractivity contribution in [1.82, 2.24) is 0 Å². The van der Waals surface area contributed by atoms with Gasteiger partial charge in [0.1, 0.15) is 0 Å². The first-order chi connectivity index (χ1) is 8.93. The van der Waals surface area contributed by atoms with Crippen LogP contribution in [0.4, 0.5) is 0 Å². The summed E-state index contributed by atoms with van der Waals surface area (Å²) in [6.45, 7) is 0. The van der Waals surface area contributed by atoms with E-state index >= 15 is 0 Å². The molecule has 4 aromatic carbocycles. The molecule has 1 heteroatoms. The van der Waals surface area contributed by atoms with Gasteiger partial charge < -0.3 is 0 Å². The van der Waals surface area contributed by atoms with E-state index < -0.39 is 0 Å². The number of hydrogen-bond acceptors (Lipinski definition) is 0. The monoisotopic (exact) mass is 416 g/mol. The minimum atomic E-state index is 0. The molecule has 96 valence electrons. The second-order valence-corrected chi connectivity index (χ2v) is 4.31. The van der Waals surface area contributed by atoms with Crippen LogP contribution in [0, 0.1) is 0 Å². The SMILES string of the molecule is [WH2].c1ccc2[cH-]ccc2c1.c1ccc2[cH-]ccc2c1. The fourth-order valence-corrected chi connectivity index (χ4v) is 2.14. The Hall–Kier alpha value is -1.65. The van der Waals surface area contributed by atoms with E-state index in [1.807, 2.05) is 0 Å². The molecule has 0 radical (unpaired) electrons. The average Bonchev–Trinajstić information content (AvgIpc) is 3.08. The normalized spacial score (nSPS) is 9.68. The zero-order chi connectivity index (χ0) is 12.2. The van der Waals surface area contributed by atoms with Crippen LogP contribution in [0.2, 0.25) is 0 Å². The van der Waals surface area contributed by atoms with E-state index in [0.29, 0.717) is 0 Å². The molecule has 0 saturated carbocycles. The summed E-state index contributed by atoms with van der Waals surface area (Å²) in [7, 11) is 0. The van der Waals surface area contributed by atoms with Crippen LogP contribution in [-0.2, 0) is 21.1 Å². The van der Waals surface area contributed by atoms with Gasteiger partial charge in [-0.1, -0.05) is 12.1 Å². The molecule has 0 amide bonds. The van der Waals surface area contributed by atoms with Crippen molar-refractivity contribution < 1.29 is 21.1 Å². The fraction of sp³-hybridized carbons (Fsp3) is 0. The third kappa shape index (κ3) is 3.22. The van der Waals surface area contributed by atoms with Crippen molar-refractivity contribution in [3.8, 4) is 0 Å². The molecule has 4 rings (SSSR count). The zero-order valence-corrected chi connectivity index (χ0v) is 14.2. The number of hydrogen-bond donors (Lipinski definition) is 0. The molecule has 0 aliphatic carbocycles. The van der Waals surface area contributed by atoms with Gasteiger partial charge in [0.25, 0.3) is 0 Å². The summed E-state index contributed by atoms with van der Waals surface area (Å²) in [5.41, 5.74) is 0. The van der Waals surface area contributed by atoms with Crippen LogP contribution in [0.5, 0.6) is 0 Å². The third-order valence-corrected chi connectivity index (χ3v) is 3.10. The van der Waals surface area contributed by atoms with Gasteiger partial charge in [-0.25, -0.2) is 0 Å². The maximum absolute atomic E-state index is 2.12. The molecule has 0 heterocycles. The molecule has 19 heavy (non-hydrogen) atoms. The second kappa shape index (κ2) is 6.50. The van der Waals surface area contributed by atoms with Gasteiger partial charge in [-0.15, -0.1) is 59.3 Å². The van der Waals surface area contributed by atoms with Crippen LogP contribution in [-0.4, -0.2) is 0 Å². The molecule has 0 unspecified atom stereocenters. The van der Waals surface area contributed by atoms with Crippen LogP contribution in [0.3, 0.4) is 0 Å². The predicted molar refractivity (Wildman–Crippen MR) is 81.9 cm³/mol. The van der Waals surface area contributed by atoms with Crippen LogP contribution in [0.15, 0.2) is 84.9 Å². The van der Waals surface area contributed by atoms with Crippen LogP contribution in [0.1, 0.15) is 0 Å². The van der Waals surface area contributed by atoms with Gasteiger partial charge in [0.15, 0.2) is 0 Å². The summed E-state index contributed by atoms with van der Waals surface area (Å²) in [6, 6.07) is 29.3. The first kappa shape index (κ1) is 13.8. The van der Waals surface area contributed by atoms with Crippen molar-refractivity contribution >= 4 is 21.5 Å². The molecule has 0 fully saturated rings. The molecule has 0 nitrogen and oxygen atoms in total. The minimum absolute atomic E-state index is 0. The van der Waals surface area contributed by atoms with Crippen molar-refractivity contribution in [3.63, 3.8) is 0 Å². The van der Waals surface area contributed by atoms with E-state index in [1.165, 1.54) is 21.5 Å². The zero-order valence-electron chi connectivity index (χ0n) is 10.6. The summed E-state index contributed by atoms with van der Waals surface area (Å²) >= 11 is 0. The van der Waals surface area contributed by atoms with Crippen LogP contribution >= 0.6 is 0 Å². The second-order valence-electron chi connectivity index (χ2n) is 4.31. The summed E-state index contributed by atoms with van der Waals surface area (Å²) in [5, 5.41) is 5.32. The van der Waals surface area contributed by atoms with E-state index in [9.17, 15) is 0 Å². The Kier molecular flexibility index (Phi) is 4.71. The molecule has 0 aliphatic heterocycles. The van der Waals surface area contributed by atoms with Gasteiger partial charge in [-0.3, -0.25) is 0 Å². The van der Waals surface area contributed by atoms with Gasteiger partial charge in [0.05, 0.1) is 0 Å². The Morgan fingerprint density at radius 1 is 0.526 bits per heavy atom. The van der Waals surface area contributed by atoms with Crippen molar-refractivity contribution in [3.05, 3.63) is 84.9 Å². The Labute approximate surface area is 127 Å². The van der Waals surface area contributed by atoms with Crippen molar-refractivity contribution in [2.24, 2.45) is 0 Å². The van der Waals surface area contributed by atoms with Gasteiger partial charge in [-0.2, -0.15) is 35.0 Å². The maximum atomic E-state index is 2.12. The Morgan fingerprint density at radius 2 is 0.947 bits per heavy atom. The third-order valence-electron chi connectivity index (χ3n) is 3.10. The number of rotatable bonds is 0. The molecule has 0 N–H and O–H groups in total. The molecule has 0 atom stereocenters. The molecule has 0 aromatic heterocycles. The Morgan fingerprint density at radius 3 is 1.37 bits per heavy atom. The number of benzene rings is 2. The first-order valence-electron chi connectivity index (χ1n) is 6.14. The standard InChI is InChI=1S/2C9H7.W.2H/c2*1-2-5-9-7-3-6-8(9)4-1;;;/h2*1-7H;;;/q2*-1;;;. The fourth-order valence-electron chi connectivity index (χ4n) is 2.14. The Balaban J connectivity index is 0.000000133. The molecule has 0 spiro atoms. The van der Waals surface area contributed by atoms with Gasteiger partial charge in [0.2, 0.25) is 0 Å². The van der Waals surface area contributed by atoms with Gasteiger partial charge >= 0.3 is 21.1 Å². The van der Waals surface area contributed by atoms with E-state index in [1.54, 1.807) is 0 Å². The van der Waals surface area contributed by atoms with E-state index in [-0.39, 0.29) is 21.1 Å². The summed E-state index contributed by atoms with van der Waals surface area (Å²) in [5.74, 6) is 0. The summed E-state index contributed by atoms with van der Waals surface area (Å²) < 4.78 is 0. The maximum Gasteiger partial charge on any atom is -0.0809 e. The molecule has 0 aliphatic rings. The summed E-state index contributed by atoms with van der Waals surface area (Å²) in [6.07, 6.45) is 0. The molecule has 0 saturated heterocycles. The molecular formula is C18H16W-2. The van der Waals surface area contributed by atoms with E-state index in [4.69, 9.17) is 0 Å². The van der Waals surface area contributed by atoms with Crippen LogP contribution < -0.4 is 0 Å². The molecule has 0 bridgehead atoms. The Bertz CT molecular complexity index is 620. The topological polar surface area (TPSA) is 0 Å². The van der Waals surface area contributed by atoms with Gasteiger partial charge in [0, 0.05) is 0 Å². The van der Waals surface area contributed by atoms with Crippen molar-refractivity contribution in [2.45, 2.75) is 0 Å². The molecular weight excluding hydrogens is 400 g/mol. The quantitative estimate of drug-likeness (QED) is 0.369. The first-order valence-corrected chi connectivity index (χ1v) is 6.14. The average molecular weight is 416 g/mol. The van der Waals surface area contributed by atoms with E-state index in [2.05, 4.69) is 84.9 Å². The van der Waals surface area contributed by atoms with Crippen molar-refractivity contribution in [1.29, 1.82) is 0 Å². The smallest absolute Gasteiger partial charge is 0.0809 e. The van der Waals surface area contributed by atoms with Gasteiger partial charge in [-0.05, 0) is 0 Å². The largest absolute Gasteiger partial charge is 0.168 e. The van der Waals surface area contributed by atoms with E-state index in [0.717, 1.165) is 0 Å². The summed E-state index contributed by atoms with van der Waals surface area (Å²) in [4.78, 5) is 0. The van der Waals surface area contributed by atoms with Crippen LogP contribution in [0.25, 0.3) is 21.5 Å². The molecule has 4 aromatic rings. The van der Waals surface area contributed by atoms with Crippen molar-refractivity contribution in [2.75, 3.05) is 0 Å². The predicted octanol–water partition coefficient (Wildman–Crippen LogP) is 4.58.